The number of amides is 1. The summed E-state index contributed by atoms with van der Waals surface area (Å²) in [6.07, 6.45) is 0.140. The molecule has 11 heteroatoms. The van der Waals surface area contributed by atoms with Crippen LogP contribution in [0.1, 0.15) is 12.5 Å². The van der Waals surface area contributed by atoms with E-state index in [1.165, 1.54) is 19.2 Å². The molecule has 3 rings (SSSR count). The number of fused-ring (bicyclic) bond motifs is 1. The van der Waals surface area contributed by atoms with Crippen LogP contribution in [0, 0.1) is 10.1 Å². The van der Waals surface area contributed by atoms with Crippen molar-refractivity contribution in [3.63, 3.8) is 0 Å². The predicted molar refractivity (Wildman–Crippen MR) is 103 cm³/mol. The van der Waals surface area contributed by atoms with Gasteiger partial charge in [-0.3, -0.25) is 19.7 Å². The summed E-state index contributed by atoms with van der Waals surface area (Å²) in [5, 5.41) is 15.3. The fraction of sp³-hybridized carbons (Fsp3) is 0.211. The molecule has 1 N–H and O–H groups in total. The van der Waals surface area contributed by atoms with Gasteiger partial charge < -0.3 is 18.9 Å². The van der Waals surface area contributed by atoms with E-state index < -0.39 is 28.6 Å². The van der Waals surface area contributed by atoms with Crippen molar-refractivity contribution in [2.75, 3.05) is 13.7 Å². The van der Waals surface area contributed by atoms with Crippen LogP contribution >= 0.6 is 0 Å². The number of nitro benzene ring substituents is 1. The van der Waals surface area contributed by atoms with Crippen molar-refractivity contribution in [2.45, 2.75) is 13.0 Å². The molecular weight excluding hydrogens is 398 g/mol. The second-order valence-electron chi connectivity index (χ2n) is 5.98. The number of nitro groups is 1. The molecule has 11 nitrogen and oxygen atoms in total. The highest BCUT2D eigenvalue weighted by molar-refractivity contribution is 5.90. The number of methoxy groups -OCH3 is 1. The van der Waals surface area contributed by atoms with Gasteiger partial charge in [0.15, 0.2) is 17.2 Å². The molecule has 0 saturated heterocycles. The molecule has 0 unspecified atom stereocenters. The third kappa shape index (κ3) is 4.46. The Morgan fingerprint density at radius 1 is 1.27 bits per heavy atom. The number of rotatable bonds is 6. The van der Waals surface area contributed by atoms with Gasteiger partial charge in [-0.05, 0) is 24.3 Å². The highest BCUT2D eigenvalue weighted by atomic mass is 16.6. The van der Waals surface area contributed by atoms with Crippen LogP contribution in [0.4, 0.5) is 5.69 Å². The number of ether oxygens (including phenoxy) is 4. The summed E-state index contributed by atoms with van der Waals surface area (Å²) in [6, 6.07) is 9.54. The fourth-order valence-corrected chi connectivity index (χ4v) is 2.68. The molecule has 1 heterocycles. The van der Waals surface area contributed by atoms with Crippen molar-refractivity contribution in [1.29, 1.82) is 0 Å². The van der Waals surface area contributed by atoms with E-state index in [1.807, 2.05) is 0 Å². The van der Waals surface area contributed by atoms with Gasteiger partial charge in [0.1, 0.15) is 6.61 Å². The summed E-state index contributed by atoms with van der Waals surface area (Å²) in [6.45, 7) is 1.15. The Labute approximate surface area is 170 Å². The number of hydrazone groups is 1. The first kappa shape index (κ1) is 20.6. The lowest BCUT2D eigenvalue weighted by Crippen LogP contribution is -2.42. The zero-order chi connectivity index (χ0) is 21.7. The summed E-state index contributed by atoms with van der Waals surface area (Å²) in [7, 11) is 1.20. The quantitative estimate of drug-likeness (QED) is 0.248. The minimum absolute atomic E-state index is 0.0105. The molecule has 2 aromatic carbocycles. The first-order valence-electron chi connectivity index (χ1n) is 8.66. The summed E-state index contributed by atoms with van der Waals surface area (Å²) in [4.78, 5) is 34.2. The van der Waals surface area contributed by atoms with E-state index in [4.69, 9.17) is 18.9 Å². The minimum atomic E-state index is -0.937. The third-order valence-corrected chi connectivity index (χ3v) is 3.95. The van der Waals surface area contributed by atoms with Gasteiger partial charge in [0.2, 0.25) is 11.9 Å². The molecule has 1 aliphatic rings. The summed E-state index contributed by atoms with van der Waals surface area (Å²) < 4.78 is 21.0. The topological polar surface area (TPSA) is 139 Å². The number of carbonyl (C=O) groups excluding carboxylic acids is 2. The van der Waals surface area contributed by atoms with Crippen molar-refractivity contribution >= 4 is 23.8 Å². The van der Waals surface area contributed by atoms with Gasteiger partial charge in [-0.15, -0.1) is 0 Å². The number of nitrogens with zero attached hydrogens (tertiary/aromatic N) is 2. The van der Waals surface area contributed by atoms with E-state index >= 15 is 0 Å². The Morgan fingerprint density at radius 2 is 2.00 bits per heavy atom. The van der Waals surface area contributed by atoms with Gasteiger partial charge in [-0.2, -0.15) is 5.10 Å². The van der Waals surface area contributed by atoms with Crippen LogP contribution in [0.25, 0.3) is 0 Å². The van der Waals surface area contributed by atoms with E-state index in [1.54, 1.807) is 24.3 Å². The molecule has 0 aromatic heterocycles. The molecule has 30 heavy (non-hydrogen) atoms. The smallest absolute Gasteiger partial charge is 0.323 e. The predicted octanol–water partition coefficient (Wildman–Crippen LogP) is 1.82. The van der Waals surface area contributed by atoms with Gasteiger partial charge in [0, 0.05) is 6.92 Å². The number of para-hydroxylation sites is 2. The van der Waals surface area contributed by atoms with Crippen LogP contribution in [0.3, 0.4) is 0 Å². The number of benzene rings is 2. The van der Waals surface area contributed by atoms with Crippen LogP contribution < -0.4 is 24.4 Å². The van der Waals surface area contributed by atoms with E-state index in [-0.39, 0.29) is 23.7 Å². The SMILES string of the molecule is COc1c(OC(C)=O)ccc(/C=N/NC(=O)[C@H]2COc3ccccc3O2)c1[N+](=O)[O-]. The second-order valence-corrected chi connectivity index (χ2v) is 5.98. The monoisotopic (exact) mass is 415 g/mol. The third-order valence-electron chi connectivity index (χ3n) is 3.95. The van der Waals surface area contributed by atoms with Crippen LogP contribution in [0.5, 0.6) is 23.0 Å². The normalized spacial score (nSPS) is 14.8. The van der Waals surface area contributed by atoms with Gasteiger partial charge in [0.05, 0.1) is 23.8 Å². The lowest BCUT2D eigenvalue weighted by Gasteiger charge is -2.24. The number of carbonyl (C=O) groups is 2. The van der Waals surface area contributed by atoms with Crippen molar-refractivity contribution in [1.82, 2.24) is 5.43 Å². The van der Waals surface area contributed by atoms with Crippen molar-refractivity contribution < 1.29 is 33.5 Å². The Balaban J connectivity index is 1.75. The number of nitrogens with one attached hydrogen (secondary N) is 1. The van der Waals surface area contributed by atoms with E-state index in [2.05, 4.69) is 10.5 Å². The average Bonchev–Trinajstić information content (AvgIpc) is 2.73. The molecule has 0 saturated carbocycles. The number of hydrogen-bond donors (Lipinski definition) is 1. The van der Waals surface area contributed by atoms with Crippen molar-refractivity contribution in [2.24, 2.45) is 5.10 Å². The van der Waals surface area contributed by atoms with Gasteiger partial charge in [-0.1, -0.05) is 12.1 Å². The first-order chi connectivity index (χ1) is 14.4. The molecule has 156 valence electrons. The Hall–Kier alpha value is -4.15. The molecule has 1 amide bonds. The van der Waals surface area contributed by atoms with Crippen LogP contribution in [-0.2, 0) is 9.59 Å². The fourth-order valence-electron chi connectivity index (χ4n) is 2.68. The average molecular weight is 415 g/mol. The highest BCUT2D eigenvalue weighted by Crippen LogP contribution is 2.39. The van der Waals surface area contributed by atoms with Crippen molar-refractivity contribution in [3.8, 4) is 23.0 Å². The summed E-state index contributed by atoms with van der Waals surface area (Å²) in [5.41, 5.74) is 1.81. The van der Waals surface area contributed by atoms with E-state index in [0.717, 1.165) is 13.1 Å². The number of hydrogen-bond acceptors (Lipinski definition) is 9. The minimum Gasteiger partial charge on any atom is -0.488 e. The summed E-state index contributed by atoms with van der Waals surface area (Å²) >= 11 is 0. The van der Waals surface area contributed by atoms with Crippen LogP contribution in [0.15, 0.2) is 41.5 Å². The molecule has 0 aliphatic carbocycles. The van der Waals surface area contributed by atoms with Gasteiger partial charge in [0.25, 0.3) is 5.91 Å². The lowest BCUT2D eigenvalue weighted by atomic mass is 10.1. The molecular formula is C19H17N3O8. The van der Waals surface area contributed by atoms with E-state index in [9.17, 15) is 19.7 Å². The first-order valence-corrected chi connectivity index (χ1v) is 8.66. The maximum Gasteiger partial charge on any atom is 0.323 e. The zero-order valence-electron chi connectivity index (χ0n) is 16.0. The van der Waals surface area contributed by atoms with Gasteiger partial charge >= 0.3 is 11.7 Å². The maximum atomic E-state index is 12.3. The molecule has 1 atom stereocenters. The Bertz CT molecular complexity index is 1020. The Kier molecular flexibility index (Phi) is 6.11. The van der Waals surface area contributed by atoms with Crippen LogP contribution in [0.2, 0.25) is 0 Å². The van der Waals surface area contributed by atoms with Crippen molar-refractivity contribution in [3.05, 3.63) is 52.1 Å². The standard InChI is InChI=1S/C19H17N3O8/c1-11(23)29-15-8-7-12(17(22(25)26)18(15)27-2)9-20-21-19(24)16-10-28-13-5-3-4-6-14(13)30-16/h3-9,16H,10H2,1-2H3,(H,21,24)/b20-9+/t16-/m1/s1. The second kappa shape index (κ2) is 8.90. The van der Waals surface area contributed by atoms with Crippen LogP contribution in [-0.4, -0.2) is 42.8 Å². The lowest BCUT2D eigenvalue weighted by molar-refractivity contribution is -0.385. The molecule has 0 fully saturated rings. The van der Waals surface area contributed by atoms with E-state index in [0.29, 0.717) is 11.5 Å². The molecule has 0 spiro atoms. The Morgan fingerprint density at radius 3 is 2.67 bits per heavy atom. The zero-order valence-corrected chi connectivity index (χ0v) is 16.0. The highest BCUT2D eigenvalue weighted by Gasteiger charge is 2.28. The maximum absolute atomic E-state index is 12.3. The molecule has 1 aliphatic heterocycles. The molecule has 2 aromatic rings. The molecule has 0 bridgehead atoms. The molecule has 0 radical (unpaired) electrons. The number of esters is 1. The van der Waals surface area contributed by atoms with Gasteiger partial charge in [-0.25, -0.2) is 5.43 Å². The largest absolute Gasteiger partial charge is 0.488 e. The summed E-state index contributed by atoms with van der Waals surface area (Å²) in [5.74, 6) is -0.648.